The van der Waals surface area contributed by atoms with Crippen molar-refractivity contribution in [1.82, 2.24) is 10.2 Å². The van der Waals surface area contributed by atoms with Crippen LogP contribution in [0.15, 0.2) is 54.6 Å². The minimum absolute atomic E-state index is 0.121. The zero-order valence-electron chi connectivity index (χ0n) is 17.2. The Labute approximate surface area is 176 Å². The van der Waals surface area contributed by atoms with Crippen LogP contribution in [0, 0.1) is 0 Å². The van der Waals surface area contributed by atoms with Gasteiger partial charge in [-0.2, -0.15) is 0 Å². The van der Waals surface area contributed by atoms with Gasteiger partial charge >= 0.3 is 6.03 Å². The smallest absolute Gasteiger partial charge is 0.325 e. The molecule has 1 saturated carbocycles. The number of benzene rings is 2. The highest BCUT2D eigenvalue weighted by Crippen LogP contribution is 2.37. The number of amides is 4. The highest BCUT2D eigenvalue weighted by molar-refractivity contribution is 6.11. The second kappa shape index (κ2) is 7.82. The van der Waals surface area contributed by atoms with Gasteiger partial charge in [0.05, 0.1) is 0 Å². The molecule has 156 valence electrons. The van der Waals surface area contributed by atoms with Crippen molar-refractivity contribution >= 4 is 34.9 Å². The summed E-state index contributed by atoms with van der Waals surface area (Å²) in [4.78, 5) is 40.7. The maximum Gasteiger partial charge on any atom is 0.325 e. The van der Waals surface area contributed by atoms with Crippen LogP contribution >= 0.6 is 0 Å². The van der Waals surface area contributed by atoms with Crippen molar-refractivity contribution in [2.24, 2.45) is 0 Å². The number of anilines is 3. The number of rotatable bonds is 6. The lowest BCUT2D eigenvalue weighted by atomic mass is 9.77. The molecule has 0 bridgehead atoms. The number of carbonyl (C=O) groups is 3. The van der Waals surface area contributed by atoms with E-state index in [-0.39, 0.29) is 24.4 Å². The highest BCUT2D eigenvalue weighted by Gasteiger charge is 2.55. The third-order valence-electron chi connectivity index (χ3n) is 5.74. The van der Waals surface area contributed by atoms with E-state index in [9.17, 15) is 14.4 Å². The fourth-order valence-electron chi connectivity index (χ4n) is 4.02. The first kappa shape index (κ1) is 19.9. The summed E-state index contributed by atoms with van der Waals surface area (Å²) in [6, 6.07) is 16.8. The Bertz CT molecular complexity index is 952. The second-order valence-electron chi connectivity index (χ2n) is 8.15. The van der Waals surface area contributed by atoms with Crippen LogP contribution in [0.4, 0.5) is 21.9 Å². The van der Waals surface area contributed by atoms with E-state index in [0.29, 0.717) is 12.8 Å². The zero-order valence-corrected chi connectivity index (χ0v) is 17.2. The first-order valence-corrected chi connectivity index (χ1v) is 10.3. The summed E-state index contributed by atoms with van der Waals surface area (Å²) in [7, 11) is 0. The normalized spacial score (nSPS) is 17.1. The quantitative estimate of drug-likeness (QED) is 0.718. The van der Waals surface area contributed by atoms with Gasteiger partial charge in [-0.25, -0.2) is 4.79 Å². The Kier molecular flexibility index (Phi) is 5.20. The number of hydrogen-bond donors (Lipinski definition) is 2. The van der Waals surface area contributed by atoms with Crippen molar-refractivity contribution in [2.75, 3.05) is 16.8 Å². The van der Waals surface area contributed by atoms with Gasteiger partial charge in [0, 0.05) is 23.1 Å². The van der Waals surface area contributed by atoms with E-state index in [1.165, 1.54) is 0 Å². The largest absolute Gasteiger partial charge is 0.356 e. The number of urea groups is 1. The molecule has 7 heteroatoms. The van der Waals surface area contributed by atoms with Gasteiger partial charge in [-0.15, -0.1) is 0 Å². The van der Waals surface area contributed by atoms with E-state index in [0.717, 1.165) is 28.4 Å². The van der Waals surface area contributed by atoms with E-state index in [1.807, 2.05) is 68.4 Å². The standard InChI is InChI=1S/C23H26N4O3/c1-16(2)27(19-11-9-18(10-12-19)24-17-7-4-3-5-8-17)20(28)15-26-21(29)23(13-6-14-23)25-22(26)30/h3-5,7-12,16,24H,6,13-15H2,1-2H3,(H,25,30). The van der Waals surface area contributed by atoms with Crippen LogP contribution < -0.4 is 15.5 Å². The maximum atomic E-state index is 13.1. The minimum atomic E-state index is -0.773. The summed E-state index contributed by atoms with van der Waals surface area (Å²) in [5.41, 5.74) is 1.83. The summed E-state index contributed by atoms with van der Waals surface area (Å²) < 4.78 is 0. The highest BCUT2D eigenvalue weighted by atomic mass is 16.2. The molecule has 1 spiro atoms. The first-order chi connectivity index (χ1) is 14.4. The lowest BCUT2D eigenvalue weighted by Crippen LogP contribution is -2.53. The van der Waals surface area contributed by atoms with Gasteiger partial charge < -0.3 is 15.5 Å². The molecule has 0 radical (unpaired) electrons. The van der Waals surface area contributed by atoms with E-state index < -0.39 is 11.6 Å². The Balaban J connectivity index is 1.47. The molecular formula is C23H26N4O3. The number of para-hydroxylation sites is 1. The van der Waals surface area contributed by atoms with Crippen molar-refractivity contribution in [2.45, 2.75) is 44.7 Å². The fourth-order valence-corrected chi connectivity index (χ4v) is 4.02. The summed E-state index contributed by atoms with van der Waals surface area (Å²) in [6.07, 6.45) is 2.20. The Morgan fingerprint density at radius 1 is 1.07 bits per heavy atom. The lowest BCUT2D eigenvalue weighted by Gasteiger charge is -2.35. The number of nitrogens with one attached hydrogen (secondary N) is 2. The summed E-state index contributed by atoms with van der Waals surface area (Å²) in [5, 5.41) is 6.08. The van der Waals surface area contributed by atoms with Gasteiger partial charge in [0.15, 0.2) is 0 Å². The summed E-state index contributed by atoms with van der Waals surface area (Å²) in [6.45, 7) is 3.56. The number of nitrogens with zero attached hydrogens (tertiary/aromatic N) is 2. The molecule has 7 nitrogen and oxygen atoms in total. The molecule has 2 aromatic carbocycles. The van der Waals surface area contributed by atoms with Crippen LogP contribution in [0.1, 0.15) is 33.1 Å². The average Bonchev–Trinajstić information content (AvgIpc) is 2.95. The molecule has 4 rings (SSSR count). The molecule has 4 amide bonds. The zero-order chi connectivity index (χ0) is 21.3. The monoisotopic (exact) mass is 406 g/mol. The molecule has 30 heavy (non-hydrogen) atoms. The molecule has 1 saturated heterocycles. The molecule has 0 atom stereocenters. The molecule has 0 unspecified atom stereocenters. The van der Waals surface area contributed by atoms with Crippen molar-refractivity contribution < 1.29 is 14.4 Å². The molecule has 1 aliphatic carbocycles. The summed E-state index contributed by atoms with van der Waals surface area (Å²) >= 11 is 0. The molecular weight excluding hydrogens is 380 g/mol. The molecule has 0 aromatic heterocycles. The number of hydrogen-bond acceptors (Lipinski definition) is 4. The van der Waals surface area contributed by atoms with Crippen LogP contribution in [0.2, 0.25) is 0 Å². The van der Waals surface area contributed by atoms with Gasteiger partial charge in [0.1, 0.15) is 12.1 Å². The molecule has 1 heterocycles. The second-order valence-corrected chi connectivity index (χ2v) is 8.15. The van der Waals surface area contributed by atoms with Crippen molar-refractivity contribution in [3.05, 3.63) is 54.6 Å². The Morgan fingerprint density at radius 2 is 1.70 bits per heavy atom. The van der Waals surface area contributed by atoms with Crippen molar-refractivity contribution in [3.63, 3.8) is 0 Å². The molecule has 2 aromatic rings. The molecule has 2 fully saturated rings. The van der Waals surface area contributed by atoms with E-state index >= 15 is 0 Å². The SMILES string of the molecule is CC(C)N(C(=O)CN1C(=O)NC2(CCC2)C1=O)c1ccc(Nc2ccccc2)cc1. The van der Waals surface area contributed by atoms with Gasteiger partial charge in [-0.3, -0.25) is 14.5 Å². The first-order valence-electron chi connectivity index (χ1n) is 10.3. The number of imide groups is 1. The van der Waals surface area contributed by atoms with Crippen LogP contribution in [0.3, 0.4) is 0 Å². The van der Waals surface area contributed by atoms with Crippen molar-refractivity contribution in [1.29, 1.82) is 0 Å². The number of carbonyl (C=O) groups excluding carboxylic acids is 3. The van der Waals surface area contributed by atoms with E-state index in [4.69, 9.17) is 0 Å². The van der Waals surface area contributed by atoms with Crippen LogP contribution in [0.5, 0.6) is 0 Å². The molecule has 2 aliphatic rings. The Morgan fingerprint density at radius 3 is 2.23 bits per heavy atom. The minimum Gasteiger partial charge on any atom is -0.356 e. The van der Waals surface area contributed by atoms with Crippen LogP contribution in [0.25, 0.3) is 0 Å². The molecule has 1 aliphatic heterocycles. The van der Waals surface area contributed by atoms with E-state index in [1.54, 1.807) is 4.90 Å². The predicted molar refractivity (Wildman–Crippen MR) is 116 cm³/mol. The Hall–Kier alpha value is -3.35. The third kappa shape index (κ3) is 3.63. The van der Waals surface area contributed by atoms with Gasteiger partial charge in [0.25, 0.3) is 5.91 Å². The lowest BCUT2D eigenvalue weighted by molar-refractivity contribution is -0.136. The van der Waals surface area contributed by atoms with Crippen LogP contribution in [-0.2, 0) is 9.59 Å². The topological polar surface area (TPSA) is 81.8 Å². The summed E-state index contributed by atoms with van der Waals surface area (Å²) in [5.74, 6) is -0.563. The fraction of sp³-hybridized carbons (Fsp3) is 0.348. The third-order valence-corrected chi connectivity index (χ3v) is 5.74. The average molecular weight is 406 g/mol. The van der Waals surface area contributed by atoms with Crippen LogP contribution in [-0.4, -0.2) is 40.9 Å². The maximum absolute atomic E-state index is 13.1. The van der Waals surface area contributed by atoms with Crippen molar-refractivity contribution in [3.8, 4) is 0 Å². The van der Waals surface area contributed by atoms with Gasteiger partial charge in [0.2, 0.25) is 5.91 Å². The van der Waals surface area contributed by atoms with E-state index in [2.05, 4.69) is 10.6 Å². The van der Waals surface area contributed by atoms with Gasteiger partial charge in [-0.05, 0) is 69.5 Å². The van der Waals surface area contributed by atoms with Gasteiger partial charge in [-0.1, -0.05) is 18.2 Å². The molecule has 2 N–H and O–H groups in total. The predicted octanol–water partition coefficient (Wildman–Crippen LogP) is 3.65.